The molecule has 0 saturated heterocycles. The number of aromatic nitrogens is 1. The molecular formula is C18H14N4O4. The summed E-state index contributed by atoms with van der Waals surface area (Å²) in [7, 11) is 0. The molecule has 1 aromatic heterocycles. The number of amides is 1. The van der Waals surface area contributed by atoms with E-state index in [-0.39, 0.29) is 17.5 Å². The second kappa shape index (κ2) is 7.31. The number of carbonyl (C=O) groups is 1. The van der Waals surface area contributed by atoms with Gasteiger partial charge in [0, 0.05) is 23.5 Å². The standard InChI is InChI=1S/C18H14N4O4/c19-17-16(22(24)25)15(10-11-20-17)26-14-8-6-12(7-9-14)18(23)21-13-4-2-1-3-5-13/h1-11H,(H2,19,20)(H,21,23). The van der Waals surface area contributed by atoms with E-state index >= 15 is 0 Å². The number of anilines is 2. The van der Waals surface area contributed by atoms with Gasteiger partial charge in [-0.25, -0.2) is 4.98 Å². The summed E-state index contributed by atoms with van der Waals surface area (Å²) in [5.41, 5.74) is 6.23. The lowest BCUT2D eigenvalue weighted by Gasteiger charge is -2.08. The van der Waals surface area contributed by atoms with Crippen molar-refractivity contribution in [2.45, 2.75) is 0 Å². The highest BCUT2D eigenvalue weighted by atomic mass is 16.6. The van der Waals surface area contributed by atoms with Crippen LogP contribution in [0.4, 0.5) is 17.2 Å². The van der Waals surface area contributed by atoms with Crippen LogP contribution < -0.4 is 15.8 Å². The van der Waals surface area contributed by atoms with E-state index in [2.05, 4.69) is 10.3 Å². The third-order valence-electron chi connectivity index (χ3n) is 3.47. The first-order chi connectivity index (χ1) is 12.5. The van der Waals surface area contributed by atoms with Crippen molar-refractivity contribution >= 4 is 23.1 Å². The van der Waals surface area contributed by atoms with Crippen molar-refractivity contribution in [1.29, 1.82) is 0 Å². The van der Waals surface area contributed by atoms with Crippen molar-refractivity contribution in [3.8, 4) is 11.5 Å². The molecule has 26 heavy (non-hydrogen) atoms. The SMILES string of the molecule is Nc1nccc(Oc2ccc(C(=O)Nc3ccccc3)cc2)c1[N+](=O)[O-]. The molecule has 0 radical (unpaired) electrons. The smallest absolute Gasteiger partial charge is 0.353 e. The quantitative estimate of drug-likeness (QED) is 0.535. The third kappa shape index (κ3) is 3.75. The van der Waals surface area contributed by atoms with Gasteiger partial charge in [0.1, 0.15) is 5.75 Å². The van der Waals surface area contributed by atoms with Gasteiger partial charge in [0.15, 0.2) is 0 Å². The number of hydrogen-bond donors (Lipinski definition) is 2. The first-order valence-electron chi connectivity index (χ1n) is 7.58. The van der Waals surface area contributed by atoms with Gasteiger partial charge in [-0.2, -0.15) is 0 Å². The highest BCUT2D eigenvalue weighted by molar-refractivity contribution is 6.04. The number of hydrogen-bond acceptors (Lipinski definition) is 6. The Morgan fingerprint density at radius 1 is 1.08 bits per heavy atom. The van der Waals surface area contributed by atoms with Crippen LogP contribution in [0.15, 0.2) is 66.9 Å². The minimum absolute atomic E-state index is 0.0241. The molecule has 0 aliphatic carbocycles. The van der Waals surface area contributed by atoms with Gasteiger partial charge in [0.25, 0.3) is 5.91 Å². The Morgan fingerprint density at radius 3 is 2.42 bits per heavy atom. The van der Waals surface area contributed by atoms with Crippen LogP contribution in [-0.4, -0.2) is 15.8 Å². The van der Waals surface area contributed by atoms with Crippen LogP contribution in [0, 0.1) is 10.1 Å². The number of pyridine rings is 1. The van der Waals surface area contributed by atoms with Crippen molar-refractivity contribution in [3.05, 3.63) is 82.5 Å². The van der Waals surface area contributed by atoms with E-state index in [9.17, 15) is 14.9 Å². The van der Waals surface area contributed by atoms with Gasteiger partial charge >= 0.3 is 5.69 Å². The highest BCUT2D eigenvalue weighted by Gasteiger charge is 2.21. The zero-order valence-electron chi connectivity index (χ0n) is 13.5. The summed E-state index contributed by atoms with van der Waals surface area (Å²) < 4.78 is 5.51. The molecule has 3 N–H and O–H groups in total. The number of nitrogen functional groups attached to an aromatic ring is 1. The number of para-hydroxylation sites is 1. The lowest BCUT2D eigenvalue weighted by atomic mass is 10.2. The molecule has 2 aromatic carbocycles. The molecule has 0 aliphatic heterocycles. The van der Waals surface area contributed by atoms with Gasteiger partial charge < -0.3 is 15.8 Å². The van der Waals surface area contributed by atoms with Crippen LogP contribution >= 0.6 is 0 Å². The Kier molecular flexibility index (Phi) is 4.75. The Hall–Kier alpha value is -3.94. The van der Waals surface area contributed by atoms with Gasteiger partial charge in [0.05, 0.1) is 4.92 Å². The molecule has 1 heterocycles. The number of rotatable bonds is 5. The van der Waals surface area contributed by atoms with E-state index < -0.39 is 10.6 Å². The van der Waals surface area contributed by atoms with Gasteiger partial charge in [-0.3, -0.25) is 14.9 Å². The van der Waals surface area contributed by atoms with Crippen LogP contribution in [0.25, 0.3) is 0 Å². The van der Waals surface area contributed by atoms with E-state index in [1.807, 2.05) is 18.2 Å². The van der Waals surface area contributed by atoms with Crippen LogP contribution in [0.5, 0.6) is 11.5 Å². The number of carbonyl (C=O) groups excluding carboxylic acids is 1. The molecule has 0 unspecified atom stereocenters. The molecule has 0 saturated carbocycles. The molecule has 3 rings (SSSR count). The average molecular weight is 350 g/mol. The molecule has 130 valence electrons. The zero-order chi connectivity index (χ0) is 18.5. The monoisotopic (exact) mass is 350 g/mol. The van der Waals surface area contributed by atoms with E-state index in [0.717, 1.165) is 0 Å². The van der Waals surface area contributed by atoms with Gasteiger partial charge in [-0.15, -0.1) is 0 Å². The molecule has 8 heteroatoms. The first-order valence-corrected chi connectivity index (χ1v) is 7.58. The molecule has 0 fully saturated rings. The summed E-state index contributed by atoms with van der Waals surface area (Å²) in [5.74, 6) is -0.202. The van der Waals surface area contributed by atoms with E-state index in [1.54, 1.807) is 36.4 Å². The Bertz CT molecular complexity index is 943. The number of nitro groups is 1. The number of nitrogens with two attached hydrogens (primary N) is 1. The summed E-state index contributed by atoms with van der Waals surface area (Å²) in [5, 5.41) is 13.9. The van der Waals surface area contributed by atoms with E-state index in [1.165, 1.54) is 12.3 Å². The van der Waals surface area contributed by atoms with Crippen LogP contribution in [-0.2, 0) is 0 Å². The Labute approximate surface area is 148 Å². The zero-order valence-corrected chi connectivity index (χ0v) is 13.5. The first kappa shape index (κ1) is 16.9. The fourth-order valence-corrected chi connectivity index (χ4v) is 2.24. The average Bonchev–Trinajstić information content (AvgIpc) is 2.63. The van der Waals surface area contributed by atoms with Gasteiger partial charge in [-0.1, -0.05) is 18.2 Å². The predicted molar refractivity (Wildman–Crippen MR) is 96.2 cm³/mol. The second-order valence-corrected chi connectivity index (χ2v) is 5.25. The fourth-order valence-electron chi connectivity index (χ4n) is 2.24. The van der Waals surface area contributed by atoms with Crippen molar-refractivity contribution in [2.24, 2.45) is 0 Å². The Morgan fingerprint density at radius 2 is 1.77 bits per heavy atom. The minimum atomic E-state index is -0.653. The molecule has 1 amide bonds. The van der Waals surface area contributed by atoms with Crippen molar-refractivity contribution in [1.82, 2.24) is 4.98 Å². The van der Waals surface area contributed by atoms with Crippen LogP contribution in [0.3, 0.4) is 0 Å². The molecule has 8 nitrogen and oxygen atoms in total. The van der Waals surface area contributed by atoms with Gasteiger partial charge in [0.2, 0.25) is 11.6 Å². The molecule has 0 spiro atoms. The Balaban J connectivity index is 1.75. The van der Waals surface area contributed by atoms with Crippen molar-refractivity contribution in [2.75, 3.05) is 11.1 Å². The molecular weight excluding hydrogens is 336 g/mol. The largest absolute Gasteiger partial charge is 0.450 e. The van der Waals surface area contributed by atoms with E-state index in [4.69, 9.17) is 10.5 Å². The number of nitrogens with zero attached hydrogens (tertiary/aromatic N) is 2. The molecule has 0 atom stereocenters. The van der Waals surface area contributed by atoms with Crippen molar-refractivity contribution in [3.63, 3.8) is 0 Å². The summed E-state index contributed by atoms with van der Waals surface area (Å²) in [6, 6.07) is 16.6. The number of ether oxygens (including phenoxy) is 1. The maximum Gasteiger partial charge on any atom is 0.353 e. The fraction of sp³-hybridized carbons (Fsp3) is 0. The summed E-state index contributed by atoms with van der Waals surface area (Å²) >= 11 is 0. The summed E-state index contributed by atoms with van der Waals surface area (Å²) in [4.78, 5) is 26.3. The predicted octanol–water partition coefficient (Wildman–Crippen LogP) is 3.62. The lowest BCUT2D eigenvalue weighted by molar-refractivity contribution is -0.384. The van der Waals surface area contributed by atoms with E-state index in [0.29, 0.717) is 17.0 Å². The summed E-state index contributed by atoms with van der Waals surface area (Å²) in [6.07, 6.45) is 1.32. The maximum atomic E-state index is 12.2. The highest BCUT2D eigenvalue weighted by Crippen LogP contribution is 2.34. The normalized spacial score (nSPS) is 10.2. The number of nitrogens with one attached hydrogen (secondary N) is 1. The molecule has 0 aliphatic rings. The third-order valence-corrected chi connectivity index (χ3v) is 3.47. The maximum absolute atomic E-state index is 12.2. The molecule has 3 aromatic rings. The second-order valence-electron chi connectivity index (χ2n) is 5.25. The topological polar surface area (TPSA) is 120 Å². The minimum Gasteiger partial charge on any atom is -0.450 e. The van der Waals surface area contributed by atoms with Crippen LogP contribution in [0.1, 0.15) is 10.4 Å². The molecule has 0 bridgehead atoms. The van der Waals surface area contributed by atoms with Crippen molar-refractivity contribution < 1.29 is 14.5 Å². The van der Waals surface area contributed by atoms with Crippen LogP contribution in [0.2, 0.25) is 0 Å². The van der Waals surface area contributed by atoms with Gasteiger partial charge in [-0.05, 0) is 36.4 Å². The number of benzene rings is 2. The lowest BCUT2D eigenvalue weighted by Crippen LogP contribution is -2.11. The summed E-state index contributed by atoms with van der Waals surface area (Å²) in [6.45, 7) is 0.